The van der Waals surface area contributed by atoms with Crippen LogP contribution in [0.25, 0.3) is 0 Å². The summed E-state index contributed by atoms with van der Waals surface area (Å²) in [6, 6.07) is 0.603. The van der Waals surface area contributed by atoms with Crippen LogP contribution in [-0.2, 0) is 4.79 Å². The molecule has 5 nitrogen and oxygen atoms in total. The van der Waals surface area contributed by atoms with Crippen molar-refractivity contribution < 1.29 is 4.79 Å². The quantitative estimate of drug-likeness (QED) is 0.681. The van der Waals surface area contributed by atoms with Gasteiger partial charge in [-0.3, -0.25) is 14.6 Å². The molecule has 1 saturated carbocycles. The zero-order chi connectivity index (χ0) is 14.0. The smallest absolute Gasteiger partial charge is 0.239 e. The van der Waals surface area contributed by atoms with E-state index < -0.39 is 5.54 Å². The van der Waals surface area contributed by atoms with E-state index in [0.717, 1.165) is 39.0 Å². The highest BCUT2D eigenvalue weighted by atomic mass is 16.1. The maximum Gasteiger partial charge on any atom is 0.239 e. The molecule has 1 saturated heterocycles. The van der Waals surface area contributed by atoms with E-state index >= 15 is 0 Å². The number of likely N-dealkylation sites (tertiary alicyclic amines) is 1. The summed E-state index contributed by atoms with van der Waals surface area (Å²) in [5, 5.41) is 0. The molecule has 19 heavy (non-hydrogen) atoms. The summed E-state index contributed by atoms with van der Waals surface area (Å²) in [5.41, 5.74) is 11.0. The van der Waals surface area contributed by atoms with Gasteiger partial charge in [-0.2, -0.15) is 0 Å². The Bertz CT molecular complexity index is 327. The average molecular weight is 268 g/mol. The number of primary amides is 1. The lowest BCUT2D eigenvalue weighted by Gasteiger charge is -2.32. The van der Waals surface area contributed by atoms with Gasteiger partial charge in [0.1, 0.15) is 5.54 Å². The summed E-state index contributed by atoms with van der Waals surface area (Å²) in [7, 11) is 0. The van der Waals surface area contributed by atoms with Crippen LogP contribution in [0.3, 0.4) is 0 Å². The summed E-state index contributed by atoms with van der Waals surface area (Å²) < 4.78 is 0. The standard InChI is InChI=1S/C14H28N4O/c1-3-18(4-2)12-7-8-17(9-12)10-14(16,13(15)19)11-5-6-11/h11-12H,3-10,16H2,1-2H3,(H2,15,19). The zero-order valence-corrected chi connectivity index (χ0v) is 12.3. The van der Waals surface area contributed by atoms with E-state index in [2.05, 4.69) is 23.6 Å². The number of likely N-dealkylation sites (N-methyl/N-ethyl adjacent to an activating group) is 1. The van der Waals surface area contributed by atoms with Crippen molar-refractivity contribution in [3.05, 3.63) is 0 Å². The maximum absolute atomic E-state index is 11.7. The fourth-order valence-electron chi connectivity index (χ4n) is 3.37. The minimum Gasteiger partial charge on any atom is -0.368 e. The third-order valence-corrected chi connectivity index (χ3v) is 4.83. The van der Waals surface area contributed by atoms with Gasteiger partial charge < -0.3 is 11.5 Å². The number of amides is 1. The van der Waals surface area contributed by atoms with Crippen molar-refractivity contribution in [3.8, 4) is 0 Å². The molecule has 2 unspecified atom stereocenters. The van der Waals surface area contributed by atoms with Gasteiger partial charge in [0, 0.05) is 19.1 Å². The number of hydrogen-bond donors (Lipinski definition) is 2. The van der Waals surface area contributed by atoms with E-state index in [1.54, 1.807) is 0 Å². The molecule has 110 valence electrons. The van der Waals surface area contributed by atoms with E-state index in [-0.39, 0.29) is 5.91 Å². The Morgan fingerprint density at radius 2 is 1.95 bits per heavy atom. The van der Waals surface area contributed by atoms with Crippen LogP contribution >= 0.6 is 0 Å². The maximum atomic E-state index is 11.7. The number of rotatable bonds is 7. The van der Waals surface area contributed by atoms with Crippen LogP contribution in [0.1, 0.15) is 33.1 Å². The summed E-state index contributed by atoms with van der Waals surface area (Å²) >= 11 is 0. The Morgan fingerprint density at radius 1 is 1.32 bits per heavy atom. The topological polar surface area (TPSA) is 75.6 Å². The fraction of sp³-hybridized carbons (Fsp3) is 0.929. The third-order valence-electron chi connectivity index (χ3n) is 4.83. The molecule has 2 rings (SSSR count). The third kappa shape index (κ3) is 3.09. The Kier molecular flexibility index (Phi) is 4.48. The van der Waals surface area contributed by atoms with Crippen LogP contribution < -0.4 is 11.5 Å². The highest BCUT2D eigenvalue weighted by Crippen LogP contribution is 2.39. The van der Waals surface area contributed by atoms with Crippen LogP contribution in [0.2, 0.25) is 0 Å². The molecule has 1 amide bonds. The number of carbonyl (C=O) groups is 1. The molecule has 2 aliphatic rings. The molecular weight excluding hydrogens is 240 g/mol. The second-order valence-corrected chi connectivity index (χ2v) is 6.08. The molecule has 1 aliphatic heterocycles. The van der Waals surface area contributed by atoms with Gasteiger partial charge in [0.15, 0.2) is 0 Å². The van der Waals surface area contributed by atoms with Gasteiger partial charge in [0.25, 0.3) is 0 Å². The summed E-state index contributed by atoms with van der Waals surface area (Å²) in [6.45, 7) is 9.24. The Hall–Kier alpha value is -0.650. The van der Waals surface area contributed by atoms with Crippen molar-refractivity contribution >= 4 is 5.91 Å². The van der Waals surface area contributed by atoms with Gasteiger partial charge in [-0.1, -0.05) is 13.8 Å². The predicted molar refractivity (Wildman–Crippen MR) is 76.6 cm³/mol. The molecular formula is C14H28N4O. The molecule has 0 aromatic heterocycles. The Labute approximate surface area is 116 Å². The van der Waals surface area contributed by atoms with Gasteiger partial charge in [-0.15, -0.1) is 0 Å². The molecule has 0 aromatic carbocycles. The van der Waals surface area contributed by atoms with E-state index in [1.807, 2.05) is 0 Å². The molecule has 1 heterocycles. The van der Waals surface area contributed by atoms with E-state index in [1.165, 1.54) is 6.42 Å². The average Bonchev–Trinajstić information content (AvgIpc) is 3.14. The predicted octanol–water partition coefficient (Wildman–Crippen LogP) is -0.00470. The zero-order valence-electron chi connectivity index (χ0n) is 12.3. The lowest BCUT2D eigenvalue weighted by Crippen LogP contribution is -2.60. The van der Waals surface area contributed by atoms with Crippen molar-refractivity contribution in [1.82, 2.24) is 9.80 Å². The second-order valence-electron chi connectivity index (χ2n) is 6.08. The number of hydrogen-bond acceptors (Lipinski definition) is 4. The van der Waals surface area contributed by atoms with Gasteiger partial charge >= 0.3 is 0 Å². The molecule has 0 spiro atoms. The highest BCUT2D eigenvalue weighted by molar-refractivity contribution is 5.85. The van der Waals surface area contributed by atoms with Crippen LogP contribution in [0.15, 0.2) is 0 Å². The first-order valence-electron chi connectivity index (χ1n) is 7.56. The van der Waals surface area contributed by atoms with E-state index in [4.69, 9.17) is 11.5 Å². The van der Waals surface area contributed by atoms with Gasteiger partial charge in [0.05, 0.1) is 0 Å². The van der Waals surface area contributed by atoms with Crippen LogP contribution in [0.4, 0.5) is 0 Å². The lowest BCUT2D eigenvalue weighted by atomic mass is 9.93. The molecule has 0 bridgehead atoms. The number of nitrogens with two attached hydrogens (primary N) is 2. The largest absolute Gasteiger partial charge is 0.368 e. The summed E-state index contributed by atoms with van der Waals surface area (Å²) in [4.78, 5) is 16.5. The Balaban J connectivity index is 1.92. The molecule has 0 aromatic rings. The van der Waals surface area contributed by atoms with Gasteiger partial charge in [-0.05, 0) is 44.8 Å². The van der Waals surface area contributed by atoms with Gasteiger partial charge in [-0.25, -0.2) is 0 Å². The number of carbonyl (C=O) groups excluding carboxylic acids is 1. The first-order valence-corrected chi connectivity index (χ1v) is 7.56. The normalized spacial score (nSPS) is 27.7. The fourth-order valence-corrected chi connectivity index (χ4v) is 3.37. The number of nitrogens with zero attached hydrogens (tertiary/aromatic N) is 2. The SMILES string of the molecule is CCN(CC)C1CCN(CC(N)(C(N)=O)C2CC2)C1. The highest BCUT2D eigenvalue weighted by Gasteiger charge is 2.48. The van der Waals surface area contributed by atoms with Crippen molar-refractivity contribution in [3.63, 3.8) is 0 Å². The van der Waals surface area contributed by atoms with E-state index in [9.17, 15) is 4.79 Å². The first kappa shape index (κ1) is 14.8. The molecule has 1 aliphatic carbocycles. The van der Waals surface area contributed by atoms with Gasteiger partial charge in [0.2, 0.25) is 5.91 Å². The van der Waals surface area contributed by atoms with E-state index in [0.29, 0.717) is 18.5 Å². The van der Waals surface area contributed by atoms with Crippen LogP contribution in [-0.4, -0.2) is 60.0 Å². The van der Waals surface area contributed by atoms with Crippen molar-refractivity contribution in [2.24, 2.45) is 17.4 Å². The van der Waals surface area contributed by atoms with Crippen LogP contribution in [0.5, 0.6) is 0 Å². The van der Waals surface area contributed by atoms with Crippen LogP contribution in [0, 0.1) is 5.92 Å². The molecule has 0 radical (unpaired) electrons. The second kappa shape index (κ2) is 5.77. The van der Waals surface area contributed by atoms with Crippen molar-refractivity contribution in [1.29, 1.82) is 0 Å². The lowest BCUT2D eigenvalue weighted by molar-refractivity contribution is -0.124. The van der Waals surface area contributed by atoms with Crippen molar-refractivity contribution in [2.75, 3.05) is 32.7 Å². The monoisotopic (exact) mass is 268 g/mol. The Morgan fingerprint density at radius 3 is 2.42 bits per heavy atom. The first-order chi connectivity index (χ1) is 9.01. The minimum absolute atomic E-state index is 0.303. The summed E-state index contributed by atoms with van der Waals surface area (Å²) in [6.07, 6.45) is 3.26. The van der Waals surface area contributed by atoms with Crippen molar-refractivity contribution in [2.45, 2.75) is 44.7 Å². The molecule has 5 heteroatoms. The minimum atomic E-state index is -0.807. The molecule has 2 fully saturated rings. The molecule has 2 atom stereocenters. The summed E-state index contributed by atoms with van der Waals surface area (Å²) in [5.74, 6) is -0.0289. The molecule has 4 N–H and O–H groups in total.